The van der Waals surface area contributed by atoms with E-state index in [-0.39, 0.29) is 5.91 Å². The Morgan fingerprint density at radius 1 is 0.885 bits per heavy atom. The van der Waals surface area contributed by atoms with Gasteiger partial charge in [0.15, 0.2) is 11.5 Å². The van der Waals surface area contributed by atoms with E-state index < -0.39 is 0 Å². The van der Waals surface area contributed by atoms with Gasteiger partial charge in [-0.15, -0.1) is 0 Å². The van der Waals surface area contributed by atoms with Crippen molar-refractivity contribution in [3.63, 3.8) is 0 Å². The molecule has 1 N–H and O–H groups in total. The van der Waals surface area contributed by atoms with E-state index in [0.717, 1.165) is 24.1 Å². The van der Waals surface area contributed by atoms with Crippen molar-refractivity contribution in [2.75, 3.05) is 26.6 Å². The number of amides is 1. The van der Waals surface area contributed by atoms with Crippen LogP contribution in [0.25, 0.3) is 0 Å². The third-order valence-electron chi connectivity index (χ3n) is 4.18. The lowest BCUT2D eigenvalue weighted by atomic mass is 10.1. The van der Waals surface area contributed by atoms with E-state index in [1.807, 2.05) is 24.3 Å². The van der Waals surface area contributed by atoms with Crippen LogP contribution in [0.1, 0.15) is 30.9 Å². The summed E-state index contributed by atoms with van der Waals surface area (Å²) in [5, 5.41) is 2.93. The molecular weight excluding hydrogens is 330 g/mol. The lowest BCUT2D eigenvalue weighted by Crippen LogP contribution is -2.12. The Kier molecular flexibility index (Phi) is 7.33. The van der Waals surface area contributed by atoms with Gasteiger partial charge in [0.1, 0.15) is 0 Å². The normalized spacial score (nSPS) is 10.3. The molecule has 0 aliphatic heterocycles. The molecule has 0 bridgehead atoms. The van der Waals surface area contributed by atoms with Crippen molar-refractivity contribution in [3.8, 4) is 17.2 Å². The molecule has 0 radical (unpaired) electrons. The molecule has 0 heterocycles. The van der Waals surface area contributed by atoms with Crippen molar-refractivity contribution in [1.82, 2.24) is 0 Å². The summed E-state index contributed by atoms with van der Waals surface area (Å²) in [6, 6.07) is 11.7. The number of carbonyl (C=O) groups is 1. The topological polar surface area (TPSA) is 56.8 Å². The Balaban J connectivity index is 2.00. The fourth-order valence-corrected chi connectivity index (χ4v) is 2.88. The van der Waals surface area contributed by atoms with Gasteiger partial charge in [-0.05, 0) is 42.2 Å². The number of nitrogens with one attached hydrogen (secondary N) is 1. The first kappa shape index (κ1) is 19.6. The maximum Gasteiger partial charge on any atom is 0.224 e. The van der Waals surface area contributed by atoms with Crippen LogP contribution in [-0.2, 0) is 17.6 Å². The summed E-state index contributed by atoms with van der Waals surface area (Å²) in [7, 11) is 4.73. The fourth-order valence-electron chi connectivity index (χ4n) is 2.88. The molecule has 0 aromatic heterocycles. The Bertz CT molecular complexity index is 726. The van der Waals surface area contributed by atoms with Crippen LogP contribution in [0.2, 0.25) is 0 Å². The average Bonchev–Trinajstić information content (AvgIpc) is 2.67. The highest BCUT2D eigenvalue weighted by atomic mass is 16.5. The lowest BCUT2D eigenvalue weighted by Gasteiger charge is -2.15. The molecular formula is C21H27NO4. The number of hydrogen-bond acceptors (Lipinski definition) is 4. The van der Waals surface area contributed by atoms with Crippen molar-refractivity contribution in [2.24, 2.45) is 0 Å². The average molecular weight is 357 g/mol. The number of hydrogen-bond donors (Lipinski definition) is 1. The van der Waals surface area contributed by atoms with E-state index in [9.17, 15) is 4.79 Å². The second kappa shape index (κ2) is 9.70. The number of benzene rings is 2. The van der Waals surface area contributed by atoms with Crippen molar-refractivity contribution < 1.29 is 19.0 Å². The van der Waals surface area contributed by atoms with Crippen LogP contribution in [0.3, 0.4) is 0 Å². The zero-order valence-electron chi connectivity index (χ0n) is 15.9. The third kappa shape index (κ3) is 4.91. The van der Waals surface area contributed by atoms with Gasteiger partial charge in [0.25, 0.3) is 0 Å². The molecule has 2 aromatic rings. The first-order valence-corrected chi connectivity index (χ1v) is 8.79. The Morgan fingerprint density at radius 3 is 2.15 bits per heavy atom. The van der Waals surface area contributed by atoms with Gasteiger partial charge in [-0.25, -0.2) is 0 Å². The largest absolute Gasteiger partial charge is 0.493 e. The highest BCUT2D eigenvalue weighted by Gasteiger charge is 2.16. The Labute approximate surface area is 155 Å². The molecule has 1 amide bonds. The highest BCUT2D eigenvalue weighted by Crippen LogP contribution is 2.40. The Hall–Kier alpha value is -2.69. The molecule has 26 heavy (non-hydrogen) atoms. The van der Waals surface area contributed by atoms with Crippen molar-refractivity contribution >= 4 is 11.6 Å². The lowest BCUT2D eigenvalue weighted by molar-refractivity contribution is -0.116. The van der Waals surface area contributed by atoms with Gasteiger partial charge in [-0.2, -0.15) is 0 Å². The fraction of sp³-hybridized carbons (Fsp3) is 0.381. The number of methoxy groups -OCH3 is 3. The maximum atomic E-state index is 12.3. The zero-order valence-corrected chi connectivity index (χ0v) is 15.9. The van der Waals surface area contributed by atoms with Crippen molar-refractivity contribution in [1.29, 1.82) is 0 Å². The summed E-state index contributed by atoms with van der Waals surface area (Å²) in [6.07, 6.45) is 3.05. The molecule has 0 saturated carbocycles. The highest BCUT2D eigenvalue weighted by molar-refractivity contribution is 5.90. The molecule has 5 heteroatoms. The Morgan fingerprint density at radius 2 is 1.58 bits per heavy atom. The van der Waals surface area contributed by atoms with Crippen LogP contribution in [0, 0.1) is 0 Å². The number of aryl methyl sites for hydroxylation is 2. The molecule has 0 aliphatic rings. The molecule has 0 fully saturated rings. The van der Waals surface area contributed by atoms with Gasteiger partial charge < -0.3 is 19.5 Å². The molecule has 2 rings (SSSR count). The minimum absolute atomic E-state index is 0.0370. The van der Waals surface area contributed by atoms with E-state index in [2.05, 4.69) is 24.4 Å². The van der Waals surface area contributed by atoms with Crippen LogP contribution < -0.4 is 19.5 Å². The molecule has 0 saturated heterocycles. The second-order valence-electron chi connectivity index (χ2n) is 5.99. The summed E-state index contributed by atoms with van der Waals surface area (Å²) in [6.45, 7) is 2.15. The number of ether oxygens (including phenoxy) is 3. The van der Waals surface area contributed by atoms with E-state index >= 15 is 0 Å². The summed E-state index contributed by atoms with van der Waals surface area (Å²) in [5.74, 6) is 1.71. The minimum Gasteiger partial charge on any atom is -0.493 e. The molecule has 0 aliphatic carbocycles. The molecule has 0 atom stereocenters. The maximum absolute atomic E-state index is 12.3. The van der Waals surface area contributed by atoms with Crippen molar-refractivity contribution in [2.45, 2.75) is 32.6 Å². The van der Waals surface area contributed by atoms with Gasteiger partial charge in [0, 0.05) is 12.1 Å². The SMILES string of the molecule is CCCc1ccc(NC(=O)CCc2ccc(OC)c(OC)c2OC)cc1. The van der Waals surface area contributed by atoms with Gasteiger partial charge in [0.2, 0.25) is 11.7 Å². The molecule has 0 spiro atoms. The van der Waals surface area contributed by atoms with E-state index in [1.165, 1.54) is 5.56 Å². The quantitative estimate of drug-likeness (QED) is 0.729. The first-order valence-electron chi connectivity index (χ1n) is 8.79. The van der Waals surface area contributed by atoms with Gasteiger partial charge in [-0.3, -0.25) is 4.79 Å². The number of anilines is 1. The van der Waals surface area contributed by atoms with Gasteiger partial charge in [-0.1, -0.05) is 31.5 Å². The zero-order chi connectivity index (χ0) is 18.9. The molecule has 0 unspecified atom stereocenters. The van der Waals surface area contributed by atoms with E-state index in [1.54, 1.807) is 21.3 Å². The van der Waals surface area contributed by atoms with E-state index in [0.29, 0.717) is 30.1 Å². The van der Waals surface area contributed by atoms with E-state index in [4.69, 9.17) is 14.2 Å². The summed E-state index contributed by atoms with van der Waals surface area (Å²) >= 11 is 0. The van der Waals surface area contributed by atoms with Crippen LogP contribution in [0.4, 0.5) is 5.69 Å². The molecule has 140 valence electrons. The predicted molar refractivity (Wildman–Crippen MR) is 103 cm³/mol. The smallest absolute Gasteiger partial charge is 0.224 e. The molecule has 2 aromatic carbocycles. The summed E-state index contributed by atoms with van der Waals surface area (Å²) < 4.78 is 16.1. The summed E-state index contributed by atoms with van der Waals surface area (Å²) in [5.41, 5.74) is 2.99. The van der Waals surface area contributed by atoms with Crippen molar-refractivity contribution in [3.05, 3.63) is 47.5 Å². The minimum atomic E-state index is -0.0370. The second-order valence-corrected chi connectivity index (χ2v) is 5.99. The summed E-state index contributed by atoms with van der Waals surface area (Å²) in [4.78, 5) is 12.3. The van der Waals surface area contributed by atoms with Gasteiger partial charge >= 0.3 is 0 Å². The monoisotopic (exact) mass is 357 g/mol. The third-order valence-corrected chi connectivity index (χ3v) is 4.18. The van der Waals surface area contributed by atoms with Crippen LogP contribution in [0.5, 0.6) is 17.2 Å². The predicted octanol–water partition coefficient (Wildman–Crippen LogP) is 4.24. The standard InChI is InChI=1S/C21H27NO4/c1-5-6-15-7-11-17(12-8-15)22-19(23)14-10-16-9-13-18(24-2)21(26-4)20(16)25-3/h7-9,11-13H,5-6,10,14H2,1-4H3,(H,22,23). The number of carbonyl (C=O) groups excluding carboxylic acids is 1. The first-order chi connectivity index (χ1) is 12.6. The van der Waals surface area contributed by atoms with Crippen LogP contribution in [0.15, 0.2) is 36.4 Å². The van der Waals surface area contributed by atoms with Crippen LogP contribution in [-0.4, -0.2) is 27.2 Å². The van der Waals surface area contributed by atoms with Gasteiger partial charge in [0.05, 0.1) is 21.3 Å². The van der Waals surface area contributed by atoms with Crippen LogP contribution >= 0.6 is 0 Å². The number of rotatable bonds is 9. The molecule has 5 nitrogen and oxygen atoms in total.